The molecule has 0 saturated carbocycles. The van der Waals surface area contributed by atoms with Gasteiger partial charge < -0.3 is 83.5 Å². The molecule has 31 nitrogen and oxygen atoms in total. The molecule has 6 rings (SSSR count). The predicted octanol–water partition coefficient (Wildman–Crippen LogP) is -7.88. The molecule has 4 aliphatic rings. The molecule has 2 fully saturated rings. The number of hydrogen-bond acceptors (Lipinski definition) is 19. The molecule has 11 amide bonds. The summed E-state index contributed by atoms with van der Waals surface area (Å²) in [5, 5.41) is 63.1. The van der Waals surface area contributed by atoms with E-state index in [1.165, 1.54) is 19.1 Å². The van der Waals surface area contributed by atoms with Crippen LogP contribution in [0.25, 0.3) is 10.9 Å². The van der Waals surface area contributed by atoms with Crippen molar-refractivity contribution in [3.05, 3.63) is 23.3 Å². The Bertz CT molecular complexity index is 2760. The zero-order valence-corrected chi connectivity index (χ0v) is 45.8. The zero-order valence-electron chi connectivity index (χ0n) is 44.9. The Balaban J connectivity index is 1.50. The van der Waals surface area contributed by atoms with Crippen LogP contribution < -0.4 is 54.2 Å². The first-order valence-corrected chi connectivity index (χ1v) is 27.7. The number of primary amides is 1. The normalized spacial score (nSPS) is 26.3. The number of phenols is 1. The van der Waals surface area contributed by atoms with Crippen molar-refractivity contribution in [2.45, 2.75) is 113 Å². The molecule has 17 N–H and O–H groups in total. The Morgan fingerprint density at radius 3 is 2.20 bits per heavy atom. The smallest absolute Gasteiger partial charge is 0.248 e. The molecule has 0 radical (unpaired) electrons. The quantitative estimate of drug-likeness (QED) is 0.0781. The minimum atomic E-state index is -2.51. The number of aromatic amines is 1. The second-order valence-corrected chi connectivity index (χ2v) is 21.9. The molecule has 2 saturated heterocycles. The third-order valence-electron chi connectivity index (χ3n) is 14.8. The Hall–Kier alpha value is -7.36. The van der Waals surface area contributed by atoms with Crippen molar-refractivity contribution in [2.24, 2.45) is 23.5 Å². The van der Waals surface area contributed by atoms with Gasteiger partial charge in [-0.15, -0.1) is 0 Å². The fraction of sp³-hybridized carbons (Fsp3) is 0.612. The number of carbonyl (C=O) groups is 11. The number of aliphatic hydroxyl groups excluding tert-OH is 3. The Kier molecular flexibility index (Phi) is 22.0. The van der Waals surface area contributed by atoms with Crippen molar-refractivity contribution < 1.29 is 82.2 Å². The number of amides is 11. The van der Waals surface area contributed by atoms with E-state index in [1.807, 2.05) is 4.90 Å². The first kappa shape index (κ1) is 62.8. The van der Waals surface area contributed by atoms with Gasteiger partial charge in [-0.3, -0.25) is 66.7 Å². The summed E-state index contributed by atoms with van der Waals surface area (Å²) in [6.45, 7) is 2.28. The van der Waals surface area contributed by atoms with Crippen molar-refractivity contribution in [3.63, 3.8) is 0 Å². The number of nitrogens with zero attached hydrogens (tertiary/aromatic N) is 3. The number of nitrogens with one attached hydrogen (secondary N) is 9. The van der Waals surface area contributed by atoms with E-state index < -0.39 is 181 Å². The van der Waals surface area contributed by atoms with Gasteiger partial charge in [-0.2, -0.15) is 0 Å². The number of hydrogen-bond donors (Lipinski definition) is 15. The molecule has 5 heterocycles. The van der Waals surface area contributed by atoms with Gasteiger partial charge >= 0.3 is 0 Å². The van der Waals surface area contributed by atoms with Crippen molar-refractivity contribution >= 4 is 86.7 Å². The highest BCUT2D eigenvalue weighted by Gasteiger charge is 2.45. The van der Waals surface area contributed by atoms with Crippen LogP contribution in [-0.4, -0.2) is 229 Å². The molecule has 4 aliphatic heterocycles. The van der Waals surface area contributed by atoms with E-state index in [0.717, 1.165) is 4.90 Å². The van der Waals surface area contributed by atoms with Crippen molar-refractivity contribution in [3.8, 4) is 5.75 Å². The van der Waals surface area contributed by atoms with Gasteiger partial charge in [0.2, 0.25) is 65.0 Å². The molecule has 2 bridgehead atoms. The summed E-state index contributed by atoms with van der Waals surface area (Å²) in [4.78, 5) is 163. The standard InChI is InChI=1S/C49H72N14O17S/c1-4-23(2)40-46(76)54-16-36(69)55-31-22-81(79)48-27(26-5-6-33(66)28(42(26)60-48)19-61-9-11-62(12-10-61)39(72)7-8-52-38(71)21-80-51)14-29(43(73)53-17-37(70)58-40)56-47(77)41(24(3)34(67)20-64)59-45(75)32-13-25(65)18-63(32)49(78)30(15-35(50)68)57-44(31)74/h5-6,23-25,29-32,34,40-41,60,64-67H,4,7-22,51H2,1-3H3,(H2,50,68)(H,52,71)(H,53,73)(H,54,76)(H,55,69)(H,56,77)(H,57,74)(H,58,70)(H,59,75)/t23-,24+,25+,29+,30-,31+,32-,34+,40-,41-,81?/m0/s1. The monoisotopic (exact) mass is 1160 g/mol. The summed E-state index contributed by atoms with van der Waals surface area (Å²) < 4.78 is 15.2. The predicted molar refractivity (Wildman–Crippen MR) is 282 cm³/mol. The summed E-state index contributed by atoms with van der Waals surface area (Å²) in [5.41, 5.74) is 5.96. The van der Waals surface area contributed by atoms with Crippen LogP contribution in [0.3, 0.4) is 0 Å². The van der Waals surface area contributed by atoms with Gasteiger partial charge in [0.25, 0.3) is 0 Å². The molecule has 0 aliphatic carbocycles. The lowest BCUT2D eigenvalue weighted by Crippen LogP contribution is -2.62. The topological polar surface area (TPSA) is 469 Å². The van der Waals surface area contributed by atoms with E-state index in [1.54, 1.807) is 18.7 Å². The Labute approximate surface area is 466 Å². The maximum Gasteiger partial charge on any atom is 0.248 e. The lowest BCUT2D eigenvalue weighted by molar-refractivity contribution is -0.144. The Morgan fingerprint density at radius 2 is 1.54 bits per heavy atom. The van der Waals surface area contributed by atoms with Crippen molar-refractivity contribution in [1.82, 2.24) is 62.2 Å². The van der Waals surface area contributed by atoms with Gasteiger partial charge in [0, 0.05) is 81.9 Å². The largest absolute Gasteiger partial charge is 0.508 e. The fourth-order valence-corrected chi connectivity index (χ4v) is 11.3. The number of piperazine rings is 1. The van der Waals surface area contributed by atoms with Crippen LogP contribution in [0.15, 0.2) is 17.2 Å². The van der Waals surface area contributed by atoms with Crippen LogP contribution in [0.1, 0.15) is 57.6 Å². The first-order chi connectivity index (χ1) is 38.4. The van der Waals surface area contributed by atoms with Crippen LogP contribution in [0, 0.1) is 11.8 Å². The molecule has 32 heteroatoms. The van der Waals surface area contributed by atoms with Gasteiger partial charge in [-0.1, -0.05) is 27.2 Å². The summed E-state index contributed by atoms with van der Waals surface area (Å²) in [6.07, 6.45) is -4.72. The van der Waals surface area contributed by atoms with E-state index in [-0.39, 0.29) is 91.0 Å². The van der Waals surface area contributed by atoms with Crippen LogP contribution in [0.2, 0.25) is 0 Å². The highest BCUT2D eigenvalue weighted by Crippen LogP contribution is 2.35. The van der Waals surface area contributed by atoms with E-state index in [0.29, 0.717) is 6.42 Å². The van der Waals surface area contributed by atoms with Gasteiger partial charge in [0.15, 0.2) is 0 Å². The number of fused-ring (bicyclic) bond motifs is 5. The fourth-order valence-electron chi connectivity index (χ4n) is 9.96. The molecule has 81 heavy (non-hydrogen) atoms. The van der Waals surface area contributed by atoms with Crippen LogP contribution in [-0.2, 0) is 81.3 Å². The number of rotatable bonds is 14. The molecule has 446 valence electrons. The minimum absolute atomic E-state index is 0.00333. The van der Waals surface area contributed by atoms with Crippen molar-refractivity contribution in [1.29, 1.82) is 0 Å². The minimum Gasteiger partial charge on any atom is -0.508 e. The molecular formula is C49H72N14O17S. The Morgan fingerprint density at radius 1 is 0.864 bits per heavy atom. The zero-order chi connectivity index (χ0) is 59.4. The molecule has 1 unspecified atom stereocenters. The van der Waals surface area contributed by atoms with Crippen LogP contribution in [0.4, 0.5) is 0 Å². The number of phenolic OH excluding ortho intramolecular Hbond substituents is 1. The second kappa shape index (κ2) is 28.4. The van der Waals surface area contributed by atoms with Gasteiger partial charge in [-0.25, -0.2) is 5.90 Å². The third kappa shape index (κ3) is 16.0. The molecule has 2 aromatic rings. The summed E-state index contributed by atoms with van der Waals surface area (Å²) in [7, 11) is -2.51. The molecule has 1 aromatic heterocycles. The third-order valence-corrected chi connectivity index (χ3v) is 16.2. The van der Waals surface area contributed by atoms with Crippen molar-refractivity contribution in [2.75, 3.05) is 71.3 Å². The van der Waals surface area contributed by atoms with Gasteiger partial charge in [0.1, 0.15) is 53.6 Å². The number of carbonyl (C=O) groups excluding carboxylic acids is 11. The highest BCUT2D eigenvalue weighted by atomic mass is 32.2. The maximum absolute atomic E-state index is 15.2. The van der Waals surface area contributed by atoms with E-state index in [4.69, 9.17) is 11.6 Å². The number of aromatic nitrogens is 1. The molecule has 0 spiro atoms. The van der Waals surface area contributed by atoms with E-state index in [2.05, 4.69) is 52.4 Å². The summed E-state index contributed by atoms with van der Waals surface area (Å²) >= 11 is 0. The first-order valence-electron chi connectivity index (χ1n) is 26.4. The number of H-pyrrole nitrogens is 1. The number of nitrogens with two attached hydrogens (primary N) is 2. The molecule has 11 atom stereocenters. The van der Waals surface area contributed by atoms with Gasteiger partial charge in [-0.05, 0) is 23.6 Å². The maximum atomic E-state index is 15.2. The average molecular weight is 1160 g/mol. The van der Waals surface area contributed by atoms with Crippen LogP contribution in [0.5, 0.6) is 5.75 Å². The van der Waals surface area contributed by atoms with E-state index >= 15 is 4.21 Å². The molecule has 1 aromatic carbocycles. The van der Waals surface area contributed by atoms with Crippen LogP contribution >= 0.6 is 0 Å². The van der Waals surface area contributed by atoms with E-state index in [9.17, 15) is 73.2 Å². The average Bonchev–Trinajstić information content (AvgIpc) is 4.24. The lowest BCUT2D eigenvalue weighted by atomic mass is 9.93. The number of aromatic hydroxyl groups is 1. The van der Waals surface area contributed by atoms with Gasteiger partial charge in [0.05, 0.1) is 60.4 Å². The number of benzene rings is 1. The lowest BCUT2D eigenvalue weighted by Gasteiger charge is -2.35. The molecular weight excluding hydrogens is 1090 g/mol. The second-order valence-electron chi connectivity index (χ2n) is 20.5. The number of aliphatic hydroxyl groups is 3. The highest BCUT2D eigenvalue weighted by molar-refractivity contribution is 7.85. The summed E-state index contributed by atoms with van der Waals surface area (Å²) in [5.74, 6) is -8.39. The summed E-state index contributed by atoms with van der Waals surface area (Å²) in [6, 6.07) is -7.60. The SMILES string of the molecule is CC[C@H](C)[C@@H]1NC(=O)CNC(=O)[C@H]2Cc3c([nH]c4c(CN5CCN(C(=O)CCNC(=O)CON)CC5)c(O)ccc34)S(=O)C[C@@H](NC(=O)CNC1=O)C(=O)N[C@@H](CC(N)=O)C(=O)N1C[C@H](O)C[C@H]1C(=O)N[C@@H]([C@H](C)[C@H](O)CO)C(=O)N2.